The summed E-state index contributed by atoms with van der Waals surface area (Å²) in [5.41, 5.74) is 1.68. The lowest BCUT2D eigenvalue weighted by Gasteiger charge is -2.14. The molecule has 124 valence electrons. The highest BCUT2D eigenvalue weighted by Crippen LogP contribution is 2.26. The second-order valence-corrected chi connectivity index (χ2v) is 5.45. The van der Waals surface area contributed by atoms with Crippen LogP contribution in [0.2, 0.25) is 0 Å². The Kier molecular flexibility index (Phi) is 4.43. The van der Waals surface area contributed by atoms with Crippen molar-refractivity contribution in [1.82, 2.24) is 9.55 Å². The molecule has 1 heterocycles. The van der Waals surface area contributed by atoms with Crippen molar-refractivity contribution < 1.29 is 14.8 Å². The molecule has 0 saturated heterocycles. The van der Waals surface area contributed by atoms with E-state index in [0.29, 0.717) is 6.54 Å². The number of rotatable bonds is 6. The number of aromatic nitrogens is 2. The molecule has 7 nitrogen and oxygen atoms in total. The second-order valence-electron chi connectivity index (χ2n) is 5.45. The third kappa shape index (κ3) is 3.21. The maximum absolute atomic E-state index is 11.0. The van der Waals surface area contributed by atoms with E-state index in [1.165, 1.54) is 12.1 Å². The number of fused-ring (bicyclic) bond motifs is 1. The maximum Gasteiger partial charge on any atom is 0.310 e. The van der Waals surface area contributed by atoms with Crippen molar-refractivity contribution >= 4 is 16.7 Å². The van der Waals surface area contributed by atoms with Crippen molar-refractivity contribution in [3.05, 3.63) is 64.5 Å². The summed E-state index contributed by atoms with van der Waals surface area (Å²) in [5, 5.41) is 21.2. The number of para-hydroxylation sites is 4. The molecule has 7 heteroatoms. The van der Waals surface area contributed by atoms with Gasteiger partial charge in [0.25, 0.3) is 0 Å². The van der Waals surface area contributed by atoms with Crippen molar-refractivity contribution in [2.75, 3.05) is 6.61 Å². The highest BCUT2D eigenvalue weighted by atomic mass is 16.6. The Morgan fingerprint density at radius 1 is 1.25 bits per heavy atom. The minimum Gasteiger partial charge on any atom is -0.484 e. The van der Waals surface area contributed by atoms with E-state index in [2.05, 4.69) is 4.98 Å². The first-order valence-electron chi connectivity index (χ1n) is 7.52. The number of hydrogen-bond donors (Lipinski definition) is 1. The Hall–Kier alpha value is -2.93. The highest BCUT2D eigenvalue weighted by molar-refractivity contribution is 5.75. The Labute approximate surface area is 138 Å². The molecule has 0 saturated carbocycles. The average Bonchev–Trinajstić information content (AvgIpc) is 2.89. The fourth-order valence-corrected chi connectivity index (χ4v) is 2.61. The quantitative estimate of drug-likeness (QED) is 0.555. The van der Waals surface area contributed by atoms with Gasteiger partial charge in [-0.15, -0.1) is 0 Å². The van der Waals surface area contributed by atoms with Gasteiger partial charge in [0.15, 0.2) is 5.75 Å². The molecular weight excluding hydrogens is 310 g/mol. The van der Waals surface area contributed by atoms with E-state index >= 15 is 0 Å². The first-order valence-corrected chi connectivity index (χ1v) is 7.52. The van der Waals surface area contributed by atoms with Gasteiger partial charge in [0.1, 0.15) is 18.5 Å². The van der Waals surface area contributed by atoms with E-state index in [0.717, 1.165) is 16.9 Å². The molecule has 2 aromatic carbocycles. The van der Waals surface area contributed by atoms with Crippen LogP contribution in [0.15, 0.2) is 48.5 Å². The minimum absolute atomic E-state index is 0.0448. The number of ether oxygens (including phenoxy) is 1. The Bertz CT molecular complexity index is 875. The summed E-state index contributed by atoms with van der Waals surface area (Å²) in [4.78, 5) is 14.9. The van der Waals surface area contributed by atoms with E-state index in [-0.39, 0.29) is 18.0 Å². The average molecular weight is 327 g/mol. The van der Waals surface area contributed by atoms with E-state index in [4.69, 9.17) is 4.74 Å². The molecule has 0 radical (unpaired) electrons. The van der Waals surface area contributed by atoms with E-state index in [1.807, 2.05) is 35.8 Å². The fourth-order valence-electron chi connectivity index (χ4n) is 2.61. The molecule has 1 aromatic heterocycles. The Morgan fingerprint density at radius 3 is 2.75 bits per heavy atom. The van der Waals surface area contributed by atoms with Gasteiger partial charge in [0, 0.05) is 6.07 Å². The maximum atomic E-state index is 11.0. The van der Waals surface area contributed by atoms with Crippen LogP contribution in [0.5, 0.6) is 5.75 Å². The van der Waals surface area contributed by atoms with Crippen LogP contribution in [0, 0.1) is 17.0 Å². The summed E-state index contributed by atoms with van der Waals surface area (Å²) in [7, 11) is 0. The molecular formula is C17H17N3O4. The minimum atomic E-state index is -0.818. The number of aliphatic hydroxyl groups excluding tert-OH is 1. The van der Waals surface area contributed by atoms with Crippen LogP contribution < -0.4 is 4.74 Å². The van der Waals surface area contributed by atoms with Gasteiger partial charge in [0.05, 0.1) is 22.5 Å². The molecule has 3 aromatic rings. The molecule has 1 N–H and O–H groups in total. The Morgan fingerprint density at radius 2 is 1.96 bits per heavy atom. The lowest BCUT2D eigenvalue weighted by atomic mass is 10.3. The number of aryl methyl sites for hydroxylation is 1. The van der Waals surface area contributed by atoms with Crippen LogP contribution in [-0.2, 0) is 6.54 Å². The van der Waals surface area contributed by atoms with E-state index < -0.39 is 11.0 Å². The van der Waals surface area contributed by atoms with Gasteiger partial charge in [-0.25, -0.2) is 4.98 Å². The predicted octanol–water partition coefficient (Wildman–Crippen LogP) is 2.69. The highest BCUT2D eigenvalue weighted by Gasteiger charge is 2.16. The largest absolute Gasteiger partial charge is 0.484 e. The molecule has 3 rings (SSSR count). The molecule has 0 amide bonds. The smallest absolute Gasteiger partial charge is 0.310 e. The topological polar surface area (TPSA) is 90.4 Å². The molecule has 0 bridgehead atoms. The first-order chi connectivity index (χ1) is 11.6. The third-order valence-corrected chi connectivity index (χ3v) is 3.73. The number of benzene rings is 2. The van der Waals surface area contributed by atoms with Crippen LogP contribution in [0.1, 0.15) is 5.82 Å². The summed E-state index contributed by atoms with van der Waals surface area (Å²) in [5.74, 6) is 0.940. The predicted molar refractivity (Wildman–Crippen MR) is 89.1 cm³/mol. The molecule has 0 aliphatic rings. The molecule has 0 aliphatic heterocycles. The van der Waals surface area contributed by atoms with Gasteiger partial charge in [-0.1, -0.05) is 24.3 Å². The lowest BCUT2D eigenvalue weighted by Crippen LogP contribution is -2.24. The Balaban J connectivity index is 1.71. The van der Waals surface area contributed by atoms with Crippen molar-refractivity contribution in [1.29, 1.82) is 0 Å². The van der Waals surface area contributed by atoms with E-state index in [9.17, 15) is 15.2 Å². The van der Waals surface area contributed by atoms with E-state index in [1.54, 1.807) is 12.1 Å². The van der Waals surface area contributed by atoms with Crippen LogP contribution in [-0.4, -0.2) is 32.3 Å². The number of imidazole rings is 1. The summed E-state index contributed by atoms with van der Waals surface area (Å²) in [6, 6.07) is 13.8. The molecule has 0 fully saturated rings. The summed E-state index contributed by atoms with van der Waals surface area (Å²) in [6.07, 6.45) is -0.818. The first kappa shape index (κ1) is 15.9. The molecule has 0 spiro atoms. The van der Waals surface area contributed by atoms with Crippen molar-refractivity contribution in [2.45, 2.75) is 19.6 Å². The van der Waals surface area contributed by atoms with Crippen molar-refractivity contribution in [3.63, 3.8) is 0 Å². The zero-order chi connectivity index (χ0) is 17.1. The van der Waals surface area contributed by atoms with Gasteiger partial charge in [0.2, 0.25) is 0 Å². The summed E-state index contributed by atoms with van der Waals surface area (Å²) >= 11 is 0. The van der Waals surface area contributed by atoms with Gasteiger partial charge in [-0.05, 0) is 25.1 Å². The third-order valence-electron chi connectivity index (χ3n) is 3.73. The summed E-state index contributed by atoms with van der Waals surface area (Å²) < 4.78 is 7.34. The standard InChI is InChI=1S/C17H17N3O4/c1-12-18-14-6-2-3-7-15(14)19(12)10-13(21)11-24-17-9-5-4-8-16(17)20(22)23/h2-9,13,21H,10-11H2,1H3/t13-/m0/s1. The zero-order valence-corrected chi connectivity index (χ0v) is 13.1. The van der Waals surface area contributed by atoms with Crippen LogP contribution in [0.25, 0.3) is 11.0 Å². The normalized spacial score (nSPS) is 12.2. The molecule has 24 heavy (non-hydrogen) atoms. The van der Waals surface area contributed by atoms with Gasteiger partial charge in [-0.2, -0.15) is 0 Å². The number of nitro benzene ring substituents is 1. The second kappa shape index (κ2) is 6.67. The molecule has 0 aliphatic carbocycles. The number of nitrogens with zero attached hydrogens (tertiary/aromatic N) is 3. The number of aliphatic hydroxyl groups is 1. The monoisotopic (exact) mass is 327 g/mol. The van der Waals surface area contributed by atoms with Crippen LogP contribution in [0.4, 0.5) is 5.69 Å². The SMILES string of the molecule is Cc1nc2ccccc2n1C[C@H](O)COc1ccccc1[N+](=O)[O-]. The fraction of sp³-hybridized carbons (Fsp3) is 0.235. The van der Waals surface area contributed by atoms with Crippen LogP contribution in [0.3, 0.4) is 0 Å². The van der Waals surface area contributed by atoms with Gasteiger partial charge >= 0.3 is 5.69 Å². The van der Waals surface area contributed by atoms with Gasteiger partial charge < -0.3 is 14.4 Å². The summed E-state index contributed by atoms with van der Waals surface area (Å²) in [6.45, 7) is 2.12. The van der Waals surface area contributed by atoms with Crippen molar-refractivity contribution in [2.24, 2.45) is 0 Å². The number of hydrogen-bond acceptors (Lipinski definition) is 5. The number of nitro groups is 1. The van der Waals surface area contributed by atoms with Crippen LogP contribution >= 0.6 is 0 Å². The lowest BCUT2D eigenvalue weighted by molar-refractivity contribution is -0.385. The van der Waals surface area contributed by atoms with Gasteiger partial charge in [-0.3, -0.25) is 10.1 Å². The molecule has 1 atom stereocenters. The zero-order valence-electron chi connectivity index (χ0n) is 13.1. The molecule has 0 unspecified atom stereocenters. The van der Waals surface area contributed by atoms with Crippen molar-refractivity contribution in [3.8, 4) is 5.75 Å².